The minimum atomic E-state index is -0.338. The van der Waals surface area contributed by atoms with E-state index in [0.717, 1.165) is 42.6 Å². The summed E-state index contributed by atoms with van der Waals surface area (Å²) < 4.78 is 13.1. The van der Waals surface area contributed by atoms with E-state index in [9.17, 15) is 14.0 Å². The lowest BCUT2D eigenvalue weighted by Crippen LogP contribution is -2.49. The van der Waals surface area contributed by atoms with Gasteiger partial charge in [0.15, 0.2) is 0 Å². The van der Waals surface area contributed by atoms with E-state index in [1.54, 1.807) is 17.0 Å². The molecule has 6 heteroatoms. The molecule has 5 rings (SSSR count). The molecule has 162 valence electrons. The zero-order valence-corrected chi connectivity index (χ0v) is 17.6. The van der Waals surface area contributed by atoms with Crippen LogP contribution < -0.4 is 10.2 Å². The smallest absolute Gasteiger partial charge is 0.326 e. The second kappa shape index (κ2) is 8.33. The van der Waals surface area contributed by atoms with Crippen LogP contribution in [-0.4, -0.2) is 36.0 Å². The second-order valence-electron chi connectivity index (χ2n) is 8.93. The van der Waals surface area contributed by atoms with Gasteiger partial charge in [-0.1, -0.05) is 12.8 Å². The number of piperidine rings is 1. The van der Waals surface area contributed by atoms with E-state index in [1.807, 2.05) is 18.2 Å². The molecule has 2 aromatic rings. The summed E-state index contributed by atoms with van der Waals surface area (Å²) >= 11 is 0. The highest BCUT2D eigenvalue weighted by molar-refractivity contribution is 6.04. The van der Waals surface area contributed by atoms with Crippen molar-refractivity contribution in [2.75, 3.05) is 23.3 Å². The third-order valence-corrected chi connectivity index (χ3v) is 7.07. The minimum absolute atomic E-state index is 0.133. The van der Waals surface area contributed by atoms with Crippen LogP contribution in [0.1, 0.15) is 54.4 Å². The number of halogens is 1. The van der Waals surface area contributed by atoms with Crippen molar-refractivity contribution in [3.05, 3.63) is 59.4 Å². The van der Waals surface area contributed by atoms with Gasteiger partial charge in [-0.3, -0.25) is 9.69 Å². The Morgan fingerprint density at radius 2 is 1.71 bits per heavy atom. The molecule has 5 nitrogen and oxygen atoms in total. The Kier molecular flexibility index (Phi) is 5.38. The summed E-state index contributed by atoms with van der Waals surface area (Å²) in [7, 11) is 0. The number of rotatable bonds is 2. The van der Waals surface area contributed by atoms with Gasteiger partial charge in [-0.2, -0.15) is 0 Å². The van der Waals surface area contributed by atoms with Gasteiger partial charge in [0.2, 0.25) is 0 Å². The molecule has 2 aliphatic heterocycles. The van der Waals surface area contributed by atoms with Crippen LogP contribution in [0.3, 0.4) is 0 Å². The number of benzene rings is 2. The van der Waals surface area contributed by atoms with E-state index in [-0.39, 0.29) is 17.8 Å². The van der Waals surface area contributed by atoms with Gasteiger partial charge in [0.25, 0.3) is 5.91 Å². The Morgan fingerprint density at radius 1 is 0.935 bits per heavy atom. The number of hydrogen-bond acceptors (Lipinski definition) is 2. The molecular weight excluding hydrogens is 393 g/mol. The maximum absolute atomic E-state index is 13.3. The van der Waals surface area contributed by atoms with Crippen molar-refractivity contribution in [1.82, 2.24) is 4.90 Å². The molecule has 1 N–H and O–H groups in total. The Hall–Kier alpha value is -2.89. The van der Waals surface area contributed by atoms with Gasteiger partial charge in [-0.15, -0.1) is 0 Å². The fourth-order valence-corrected chi connectivity index (χ4v) is 5.51. The summed E-state index contributed by atoms with van der Waals surface area (Å²) in [4.78, 5) is 29.9. The Labute approximate surface area is 182 Å². The van der Waals surface area contributed by atoms with Crippen LogP contribution >= 0.6 is 0 Å². The zero-order chi connectivity index (χ0) is 21.4. The highest BCUT2D eigenvalue weighted by Crippen LogP contribution is 2.37. The van der Waals surface area contributed by atoms with E-state index in [2.05, 4.69) is 10.2 Å². The number of fused-ring (bicyclic) bond motifs is 2. The number of carbonyl (C=O) groups excluding carboxylic acids is 2. The Morgan fingerprint density at radius 3 is 2.55 bits per heavy atom. The number of carbonyl (C=O) groups is 2. The second-order valence-corrected chi connectivity index (χ2v) is 8.93. The van der Waals surface area contributed by atoms with Crippen molar-refractivity contribution in [1.29, 1.82) is 0 Å². The van der Waals surface area contributed by atoms with Crippen LogP contribution in [0.2, 0.25) is 0 Å². The molecule has 2 unspecified atom stereocenters. The molecule has 1 aliphatic carbocycles. The van der Waals surface area contributed by atoms with Crippen LogP contribution in [0.15, 0.2) is 42.5 Å². The topological polar surface area (TPSA) is 52.7 Å². The van der Waals surface area contributed by atoms with Crippen molar-refractivity contribution >= 4 is 23.3 Å². The standard InChI is InChI=1S/C25H28FN3O2/c26-20-8-10-21(11-9-20)27-25(31)29-15-13-18-16-19(7-12-23(18)29)24(30)28-14-3-5-17-4-1-2-6-22(17)28/h7-12,16-17,22H,1-6,13-15H2,(H,27,31). The van der Waals surface area contributed by atoms with Gasteiger partial charge in [0.05, 0.1) is 0 Å². The molecule has 2 heterocycles. The normalized spacial score (nSPS) is 22.6. The summed E-state index contributed by atoms with van der Waals surface area (Å²) in [5.41, 5.74) is 3.15. The highest BCUT2D eigenvalue weighted by Gasteiger charge is 2.36. The van der Waals surface area contributed by atoms with Crippen LogP contribution in [0.25, 0.3) is 0 Å². The number of nitrogens with one attached hydrogen (secondary N) is 1. The number of anilines is 2. The van der Waals surface area contributed by atoms with E-state index in [1.165, 1.54) is 37.8 Å². The maximum Gasteiger partial charge on any atom is 0.326 e. The first-order chi connectivity index (χ1) is 15.1. The Bertz CT molecular complexity index is 989. The average Bonchev–Trinajstić information content (AvgIpc) is 3.23. The van der Waals surface area contributed by atoms with Crippen LogP contribution in [-0.2, 0) is 6.42 Å². The molecule has 0 spiro atoms. The maximum atomic E-state index is 13.3. The van der Waals surface area contributed by atoms with Gasteiger partial charge in [0, 0.05) is 36.1 Å². The molecule has 31 heavy (non-hydrogen) atoms. The summed E-state index contributed by atoms with van der Waals surface area (Å²) in [5.74, 6) is 0.454. The summed E-state index contributed by atoms with van der Waals surface area (Å²) in [6, 6.07) is 11.6. The van der Waals surface area contributed by atoms with Crippen LogP contribution in [0.5, 0.6) is 0 Å². The van der Waals surface area contributed by atoms with Crippen molar-refractivity contribution < 1.29 is 14.0 Å². The first-order valence-corrected chi connectivity index (χ1v) is 11.4. The fourth-order valence-electron chi connectivity index (χ4n) is 5.51. The van der Waals surface area contributed by atoms with Crippen LogP contribution in [0, 0.1) is 11.7 Å². The molecule has 0 aromatic heterocycles. The Balaban J connectivity index is 1.31. The third kappa shape index (κ3) is 3.91. The number of amides is 3. The predicted octanol–water partition coefficient (Wildman–Crippen LogP) is 5.22. The molecule has 2 atom stereocenters. The van der Waals surface area contributed by atoms with E-state index in [0.29, 0.717) is 24.2 Å². The largest absolute Gasteiger partial charge is 0.335 e. The number of hydrogen-bond donors (Lipinski definition) is 1. The van der Waals surface area contributed by atoms with E-state index < -0.39 is 0 Å². The van der Waals surface area contributed by atoms with Crippen molar-refractivity contribution in [2.24, 2.45) is 5.92 Å². The van der Waals surface area contributed by atoms with Gasteiger partial charge in [-0.05, 0) is 86.1 Å². The lowest BCUT2D eigenvalue weighted by Gasteiger charge is -2.44. The predicted molar refractivity (Wildman–Crippen MR) is 119 cm³/mol. The number of urea groups is 1. The van der Waals surface area contributed by atoms with Gasteiger partial charge in [0.1, 0.15) is 5.82 Å². The lowest BCUT2D eigenvalue weighted by atomic mass is 9.78. The lowest BCUT2D eigenvalue weighted by molar-refractivity contribution is 0.0390. The van der Waals surface area contributed by atoms with Gasteiger partial charge < -0.3 is 10.2 Å². The van der Waals surface area contributed by atoms with Crippen molar-refractivity contribution in [2.45, 2.75) is 51.0 Å². The SMILES string of the molecule is O=C(Nc1ccc(F)cc1)N1CCc2cc(C(=O)N3CCCC4CCCCC43)ccc21. The summed E-state index contributed by atoms with van der Waals surface area (Å²) in [6.07, 6.45) is 7.94. The molecule has 1 saturated heterocycles. The van der Waals surface area contributed by atoms with Crippen LogP contribution in [0.4, 0.5) is 20.6 Å². The molecule has 1 saturated carbocycles. The monoisotopic (exact) mass is 421 g/mol. The van der Waals surface area contributed by atoms with E-state index >= 15 is 0 Å². The first kappa shape index (κ1) is 20.0. The third-order valence-electron chi connectivity index (χ3n) is 7.07. The number of nitrogens with zero attached hydrogens (tertiary/aromatic N) is 2. The summed E-state index contributed by atoms with van der Waals surface area (Å²) in [6.45, 7) is 1.41. The van der Waals surface area contributed by atoms with Crippen molar-refractivity contribution in [3.63, 3.8) is 0 Å². The summed E-state index contributed by atoms with van der Waals surface area (Å²) in [5, 5.41) is 2.82. The number of likely N-dealkylation sites (tertiary alicyclic amines) is 1. The van der Waals surface area contributed by atoms with Gasteiger partial charge >= 0.3 is 6.03 Å². The molecule has 0 radical (unpaired) electrons. The molecule has 0 bridgehead atoms. The van der Waals surface area contributed by atoms with Crippen molar-refractivity contribution in [3.8, 4) is 0 Å². The molecular formula is C25H28FN3O2. The molecule has 2 aromatic carbocycles. The zero-order valence-electron chi connectivity index (χ0n) is 17.6. The fraction of sp³-hybridized carbons (Fsp3) is 0.440. The molecule has 2 fully saturated rings. The minimum Gasteiger partial charge on any atom is -0.335 e. The first-order valence-electron chi connectivity index (χ1n) is 11.4. The average molecular weight is 422 g/mol. The molecule has 3 amide bonds. The van der Waals surface area contributed by atoms with Gasteiger partial charge in [-0.25, -0.2) is 9.18 Å². The van der Waals surface area contributed by atoms with E-state index in [4.69, 9.17) is 0 Å². The quantitative estimate of drug-likeness (QED) is 0.723. The molecule has 3 aliphatic rings. The highest BCUT2D eigenvalue weighted by atomic mass is 19.1.